The number of nitrogens with one attached hydrogen (secondary N) is 2. The third-order valence-electron chi connectivity index (χ3n) is 5.87. The third-order valence-corrected chi connectivity index (χ3v) is 5.87. The van der Waals surface area contributed by atoms with Gasteiger partial charge < -0.3 is 10.6 Å². The quantitative estimate of drug-likeness (QED) is 0.789. The molecule has 4 nitrogen and oxygen atoms in total. The van der Waals surface area contributed by atoms with Crippen molar-refractivity contribution in [2.75, 3.05) is 13.1 Å². The fraction of sp³-hybridized carbons (Fsp3) is 0.882. The van der Waals surface area contributed by atoms with Crippen molar-refractivity contribution in [3.05, 3.63) is 0 Å². The van der Waals surface area contributed by atoms with Crippen molar-refractivity contribution in [2.24, 2.45) is 23.7 Å². The minimum Gasteiger partial charge on any atom is -0.355 e. The molecule has 0 unspecified atom stereocenters. The summed E-state index contributed by atoms with van der Waals surface area (Å²) < 4.78 is 0. The van der Waals surface area contributed by atoms with Crippen molar-refractivity contribution in [1.29, 1.82) is 0 Å². The molecule has 21 heavy (non-hydrogen) atoms. The van der Waals surface area contributed by atoms with E-state index in [1.807, 2.05) is 0 Å². The van der Waals surface area contributed by atoms with Gasteiger partial charge in [-0.3, -0.25) is 9.59 Å². The van der Waals surface area contributed by atoms with Gasteiger partial charge in [-0.25, -0.2) is 0 Å². The van der Waals surface area contributed by atoms with Crippen molar-refractivity contribution in [2.45, 2.75) is 57.8 Å². The van der Waals surface area contributed by atoms with E-state index in [9.17, 15) is 9.59 Å². The van der Waals surface area contributed by atoms with Crippen LogP contribution in [0.25, 0.3) is 0 Å². The third kappa shape index (κ3) is 3.78. The topological polar surface area (TPSA) is 58.2 Å². The van der Waals surface area contributed by atoms with Crippen molar-refractivity contribution in [1.82, 2.24) is 10.6 Å². The molecule has 0 aromatic carbocycles. The minimum atomic E-state index is -0.0375. The summed E-state index contributed by atoms with van der Waals surface area (Å²) >= 11 is 0. The predicted octanol–water partition coefficient (Wildman–Crippen LogP) is 2.24. The number of carbonyl (C=O) groups excluding carboxylic acids is 2. The molecule has 2 N–H and O–H groups in total. The summed E-state index contributed by atoms with van der Waals surface area (Å²) in [4.78, 5) is 23.6. The minimum absolute atomic E-state index is 0.0375. The molecule has 2 amide bonds. The van der Waals surface area contributed by atoms with E-state index >= 15 is 0 Å². The molecule has 3 fully saturated rings. The molecule has 3 rings (SSSR count). The monoisotopic (exact) mass is 292 g/mol. The van der Waals surface area contributed by atoms with Crippen LogP contribution in [0.2, 0.25) is 0 Å². The number of rotatable bonds is 6. The van der Waals surface area contributed by atoms with Crippen LogP contribution in [-0.2, 0) is 9.59 Å². The highest BCUT2D eigenvalue weighted by atomic mass is 16.2. The molecule has 0 saturated heterocycles. The van der Waals surface area contributed by atoms with Crippen molar-refractivity contribution in [3.63, 3.8) is 0 Å². The standard InChI is InChI=1S/C17H28N2O2/c20-16(11-19-17(21)13-3-1-2-4-13)18-8-7-15-10-12-5-6-14(15)9-12/h12-15H,1-11H2,(H,18,20)(H,19,21)/t12-,14-,15+/m0/s1. The highest BCUT2D eigenvalue weighted by Gasteiger charge is 2.38. The Morgan fingerprint density at radius 2 is 1.76 bits per heavy atom. The zero-order valence-electron chi connectivity index (χ0n) is 12.9. The van der Waals surface area contributed by atoms with Crippen LogP contribution in [0, 0.1) is 23.7 Å². The highest BCUT2D eigenvalue weighted by Crippen LogP contribution is 2.49. The molecule has 0 spiro atoms. The predicted molar refractivity (Wildman–Crippen MR) is 81.5 cm³/mol. The average Bonchev–Trinajstić information content (AvgIpc) is 3.21. The number of amides is 2. The number of carbonyl (C=O) groups is 2. The van der Waals surface area contributed by atoms with Crippen molar-refractivity contribution in [3.8, 4) is 0 Å². The van der Waals surface area contributed by atoms with E-state index in [2.05, 4.69) is 10.6 Å². The van der Waals surface area contributed by atoms with E-state index in [1.165, 1.54) is 25.7 Å². The molecular weight excluding hydrogens is 264 g/mol. The summed E-state index contributed by atoms with van der Waals surface area (Å²) in [6, 6.07) is 0. The summed E-state index contributed by atoms with van der Waals surface area (Å²) in [6.07, 6.45) is 11.0. The first-order valence-electron chi connectivity index (χ1n) is 8.77. The Morgan fingerprint density at radius 3 is 2.43 bits per heavy atom. The summed E-state index contributed by atoms with van der Waals surface area (Å²) in [5.41, 5.74) is 0. The molecule has 4 heteroatoms. The molecular formula is C17H28N2O2. The summed E-state index contributed by atoms with van der Waals surface area (Å²) in [5, 5.41) is 5.74. The maximum Gasteiger partial charge on any atom is 0.239 e. The van der Waals surface area contributed by atoms with E-state index < -0.39 is 0 Å². The van der Waals surface area contributed by atoms with Crippen LogP contribution in [0.3, 0.4) is 0 Å². The van der Waals surface area contributed by atoms with Gasteiger partial charge in [0.05, 0.1) is 6.54 Å². The van der Waals surface area contributed by atoms with Crippen LogP contribution in [0.15, 0.2) is 0 Å². The van der Waals surface area contributed by atoms with Crippen LogP contribution in [-0.4, -0.2) is 24.9 Å². The van der Waals surface area contributed by atoms with Crippen LogP contribution in [0.1, 0.15) is 57.8 Å². The van der Waals surface area contributed by atoms with Crippen molar-refractivity contribution >= 4 is 11.8 Å². The average molecular weight is 292 g/mol. The van der Waals surface area contributed by atoms with Gasteiger partial charge in [0.25, 0.3) is 0 Å². The van der Waals surface area contributed by atoms with Crippen LogP contribution < -0.4 is 10.6 Å². The molecule has 2 bridgehead atoms. The maximum absolute atomic E-state index is 11.8. The van der Waals surface area contributed by atoms with Gasteiger partial charge in [-0.2, -0.15) is 0 Å². The van der Waals surface area contributed by atoms with Gasteiger partial charge in [0.15, 0.2) is 0 Å². The SMILES string of the molecule is O=C(CNC(=O)C1CCCC1)NCC[C@@H]1C[C@H]2CC[C@H]1C2. The summed E-state index contributed by atoms with van der Waals surface area (Å²) in [5.74, 6) is 2.90. The molecule has 0 aromatic rings. The number of fused-ring (bicyclic) bond motifs is 2. The van der Waals surface area contributed by atoms with Gasteiger partial charge >= 0.3 is 0 Å². The van der Waals surface area contributed by atoms with Gasteiger partial charge in [0.2, 0.25) is 11.8 Å². The van der Waals surface area contributed by atoms with Crippen LogP contribution in [0.5, 0.6) is 0 Å². The van der Waals surface area contributed by atoms with Gasteiger partial charge in [0, 0.05) is 12.5 Å². The fourth-order valence-corrected chi connectivity index (χ4v) is 4.69. The zero-order valence-corrected chi connectivity index (χ0v) is 12.9. The van der Waals surface area contributed by atoms with E-state index in [-0.39, 0.29) is 24.3 Å². The largest absolute Gasteiger partial charge is 0.355 e. The zero-order chi connectivity index (χ0) is 14.7. The molecule has 3 saturated carbocycles. The Bertz CT molecular complexity index is 390. The molecule has 3 aliphatic carbocycles. The maximum atomic E-state index is 11.8. The van der Waals surface area contributed by atoms with Crippen LogP contribution in [0.4, 0.5) is 0 Å². The Labute approximate surface area is 127 Å². The normalized spacial score (nSPS) is 31.5. The molecule has 0 radical (unpaired) electrons. The Morgan fingerprint density at radius 1 is 0.952 bits per heavy atom. The van der Waals surface area contributed by atoms with Crippen LogP contribution >= 0.6 is 0 Å². The Hall–Kier alpha value is -1.06. The lowest BCUT2D eigenvalue weighted by Crippen LogP contribution is -2.39. The summed E-state index contributed by atoms with van der Waals surface area (Å²) in [6.45, 7) is 0.915. The second-order valence-corrected chi connectivity index (χ2v) is 7.27. The Balaban J connectivity index is 1.27. The molecule has 118 valence electrons. The lowest BCUT2D eigenvalue weighted by atomic mass is 9.86. The van der Waals surface area contributed by atoms with Gasteiger partial charge in [-0.15, -0.1) is 0 Å². The number of hydrogen-bond acceptors (Lipinski definition) is 2. The van der Waals surface area contributed by atoms with Gasteiger partial charge in [-0.1, -0.05) is 19.3 Å². The second-order valence-electron chi connectivity index (χ2n) is 7.27. The fourth-order valence-electron chi connectivity index (χ4n) is 4.69. The van der Waals surface area contributed by atoms with E-state index in [0.717, 1.165) is 56.4 Å². The first kappa shape index (κ1) is 14.9. The molecule has 3 aliphatic rings. The molecule has 0 aliphatic heterocycles. The lowest BCUT2D eigenvalue weighted by molar-refractivity contribution is -0.128. The smallest absolute Gasteiger partial charge is 0.239 e. The van der Waals surface area contributed by atoms with E-state index in [4.69, 9.17) is 0 Å². The molecule has 3 atom stereocenters. The van der Waals surface area contributed by atoms with E-state index in [1.54, 1.807) is 0 Å². The van der Waals surface area contributed by atoms with E-state index in [0.29, 0.717) is 0 Å². The first-order chi connectivity index (χ1) is 10.2. The molecule has 0 aromatic heterocycles. The van der Waals surface area contributed by atoms with Crippen molar-refractivity contribution < 1.29 is 9.59 Å². The second kappa shape index (κ2) is 6.80. The van der Waals surface area contributed by atoms with Gasteiger partial charge in [-0.05, 0) is 56.3 Å². The lowest BCUT2D eigenvalue weighted by Gasteiger charge is -2.21. The van der Waals surface area contributed by atoms with Gasteiger partial charge in [0.1, 0.15) is 0 Å². The summed E-state index contributed by atoms with van der Waals surface area (Å²) in [7, 11) is 0. The number of hydrogen-bond donors (Lipinski definition) is 2. The highest BCUT2D eigenvalue weighted by molar-refractivity contribution is 5.85. The first-order valence-corrected chi connectivity index (χ1v) is 8.77. The molecule has 0 heterocycles. The Kier molecular flexibility index (Phi) is 4.81.